The van der Waals surface area contributed by atoms with Gasteiger partial charge in [0.05, 0.1) is 34.8 Å². The second kappa shape index (κ2) is 9.20. The molecule has 1 aliphatic heterocycles. The summed E-state index contributed by atoms with van der Waals surface area (Å²) in [5.41, 5.74) is 3.44. The molecule has 0 spiro atoms. The van der Waals surface area contributed by atoms with Gasteiger partial charge in [-0.3, -0.25) is 9.97 Å². The van der Waals surface area contributed by atoms with Crippen LogP contribution in [0.5, 0.6) is 0 Å². The van der Waals surface area contributed by atoms with Gasteiger partial charge in [-0.15, -0.1) is 11.8 Å². The molecule has 0 aromatic carbocycles. The van der Waals surface area contributed by atoms with Crippen molar-refractivity contribution >= 4 is 17.7 Å². The van der Waals surface area contributed by atoms with Crippen molar-refractivity contribution in [1.29, 1.82) is 5.26 Å². The van der Waals surface area contributed by atoms with E-state index in [1.807, 2.05) is 25.1 Å². The van der Waals surface area contributed by atoms with Crippen LogP contribution in [0.15, 0.2) is 70.9 Å². The molecule has 0 radical (unpaired) electrons. The zero-order valence-corrected chi connectivity index (χ0v) is 16.5. The van der Waals surface area contributed by atoms with Crippen molar-refractivity contribution in [3.63, 3.8) is 0 Å². The third-order valence-electron chi connectivity index (χ3n) is 4.27. The molecule has 1 N–H and O–H groups in total. The number of carbonyl (C=O) groups is 1. The zero-order chi connectivity index (χ0) is 19.9. The Labute approximate surface area is 168 Å². The summed E-state index contributed by atoms with van der Waals surface area (Å²) in [5.74, 6) is -0.288. The highest BCUT2D eigenvalue weighted by atomic mass is 32.2. The number of nitrogens with zero attached hydrogens (tertiary/aromatic N) is 3. The van der Waals surface area contributed by atoms with Crippen LogP contribution in [0.25, 0.3) is 0 Å². The van der Waals surface area contributed by atoms with Gasteiger partial charge in [0.25, 0.3) is 0 Å². The number of ether oxygens (including phenoxy) is 1. The van der Waals surface area contributed by atoms with E-state index in [4.69, 9.17) is 4.74 Å². The van der Waals surface area contributed by atoms with E-state index in [1.54, 1.807) is 37.8 Å². The number of esters is 1. The van der Waals surface area contributed by atoms with Gasteiger partial charge in [-0.2, -0.15) is 5.26 Å². The quantitative estimate of drug-likeness (QED) is 0.750. The molecule has 0 amide bonds. The van der Waals surface area contributed by atoms with Crippen molar-refractivity contribution in [3.05, 3.63) is 82.1 Å². The van der Waals surface area contributed by atoms with Gasteiger partial charge >= 0.3 is 5.97 Å². The molecule has 3 heterocycles. The van der Waals surface area contributed by atoms with Gasteiger partial charge in [0.15, 0.2) is 0 Å². The van der Waals surface area contributed by atoms with Crippen LogP contribution in [0.3, 0.4) is 0 Å². The van der Waals surface area contributed by atoms with Crippen molar-refractivity contribution in [1.82, 2.24) is 15.3 Å². The molecule has 2 aromatic heterocycles. The largest absolute Gasteiger partial charge is 0.463 e. The van der Waals surface area contributed by atoms with E-state index in [0.717, 1.165) is 16.2 Å². The van der Waals surface area contributed by atoms with Crippen LogP contribution in [0, 0.1) is 11.3 Å². The van der Waals surface area contributed by atoms with Gasteiger partial charge in [-0.1, -0.05) is 12.1 Å². The third kappa shape index (κ3) is 4.24. The molecular weight excluding hydrogens is 372 g/mol. The number of hydrogen-bond donors (Lipinski definition) is 1. The summed E-state index contributed by atoms with van der Waals surface area (Å²) in [6.07, 6.45) is 6.87. The summed E-state index contributed by atoms with van der Waals surface area (Å²) in [4.78, 5) is 20.9. The number of carbonyl (C=O) groups excluding carboxylic acids is 1. The summed E-state index contributed by atoms with van der Waals surface area (Å²) in [6.45, 7) is 3.86. The molecule has 28 heavy (non-hydrogen) atoms. The van der Waals surface area contributed by atoms with E-state index in [2.05, 4.69) is 21.4 Å². The molecule has 0 fully saturated rings. The summed E-state index contributed by atoms with van der Waals surface area (Å²) in [6, 6.07) is 9.84. The number of rotatable bonds is 6. The Morgan fingerprint density at radius 2 is 2.04 bits per heavy atom. The highest BCUT2D eigenvalue weighted by molar-refractivity contribution is 8.02. The minimum Gasteiger partial charge on any atom is -0.463 e. The molecular formula is C21H20N4O2S. The maximum atomic E-state index is 12.7. The lowest BCUT2D eigenvalue weighted by Gasteiger charge is -2.29. The molecule has 3 rings (SSSR count). The van der Waals surface area contributed by atoms with Gasteiger partial charge in [0.1, 0.15) is 0 Å². The van der Waals surface area contributed by atoms with E-state index < -0.39 is 11.9 Å². The van der Waals surface area contributed by atoms with Crippen molar-refractivity contribution < 1.29 is 9.53 Å². The topological polar surface area (TPSA) is 87.9 Å². The fourth-order valence-electron chi connectivity index (χ4n) is 3.02. The molecule has 0 saturated carbocycles. The lowest BCUT2D eigenvalue weighted by atomic mass is 9.83. The van der Waals surface area contributed by atoms with Crippen LogP contribution in [0.2, 0.25) is 0 Å². The SMILES string of the molecule is CCOC(=O)C1=C(C)NC(SCc2cccnc2)=C(C#N)C1c1cccnc1. The third-order valence-corrected chi connectivity index (χ3v) is 5.35. The average Bonchev–Trinajstić information content (AvgIpc) is 2.73. The van der Waals surface area contributed by atoms with Crippen molar-refractivity contribution in [3.8, 4) is 6.07 Å². The maximum Gasteiger partial charge on any atom is 0.336 e. The Balaban J connectivity index is 2.01. The molecule has 1 atom stereocenters. The summed E-state index contributed by atoms with van der Waals surface area (Å²) in [5, 5.41) is 13.9. The number of nitriles is 1. The maximum absolute atomic E-state index is 12.7. The van der Waals surface area contributed by atoms with E-state index >= 15 is 0 Å². The first-order valence-corrected chi connectivity index (χ1v) is 9.85. The molecule has 0 saturated heterocycles. The minimum absolute atomic E-state index is 0.267. The predicted molar refractivity (Wildman–Crippen MR) is 108 cm³/mol. The Morgan fingerprint density at radius 1 is 1.29 bits per heavy atom. The normalized spacial score (nSPS) is 16.4. The van der Waals surface area contributed by atoms with Crippen LogP contribution in [-0.2, 0) is 15.3 Å². The van der Waals surface area contributed by atoms with E-state index in [-0.39, 0.29) is 6.61 Å². The standard InChI is InChI=1S/C21H20N4O2S/c1-3-27-21(26)18-14(2)25-20(28-13-15-6-4-8-23-11-15)17(10-22)19(18)16-7-5-9-24-12-16/h4-9,11-12,19,25H,3,13H2,1-2H3. The zero-order valence-electron chi connectivity index (χ0n) is 15.7. The molecule has 0 aliphatic carbocycles. The van der Waals surface area contributed by atoms with Gasteiger partial charge in [0, 0.05) is 36.2 Å². The molecule has 142 valence electrons. The predicted octanol–water partition coefficient (Wildman–Crippen LogP) is 3.67. The van der Waals surface area contributed by atoms with Gasteiger partial charge < -0.3 is 10.1 Å². The Hall–Kier alpha value is -3.11. The fourth-order valence-corrected chi connectivity index (χ4v) is 4.05. The van der Waals surface area contributed by atoms with Crippen molar-refractivity contribution in [2.75, 3.05) is 6.61 Å². The van der Waals surface area contributed by atoms with Crippen LogP contribution < -0.4 is 5.32 Å². The van der Waals surface area contributed by atoms with Gasteiger partial charge in [0.2, 0.25) is 0 Å². The Morgan fingerprint density at radius 3 is 2.64 bits per heavy atom. The van der Waals surface area contributed by atoms with Gasteiger partial charge in [-0.25, -0.2) is 4.79 Å². The first-order chi connectivity index (χ1) is 13.7. The number of pyridine rings is 2. The second-order valence-electron chi connectivity index (χ2n) is 6.11. The molecule has 1 aliphatic rings. The minimum atomic E-state index is -0.518. The molecule has 7 heteroatoms. The monoisotopic (exact) mass is 392 g/mol. The molecule has 0 bridgehead atoms. The smallest absolute Gasteiger partial charge is 0.336 e. The van der Waals surface area contributed by atoms with E-state index in [1.165, 1.54) is 11.8 Å². The number of allylic oxidation sites excluding steroid dienone is 2. The fraction of sp³-hybridized carbons (Fsp3) is 0.238. The average molecular weight is 392 g/mol. The summed E-state index contributed by atoms with van der Waals surface area (Å²) < 4.78 is 5.26. The number of dihydropyridines is 1. The lowest BCUT2D eigenvalue weighted by Crippen LogP contribution is -2.29. The van der Waals surface area contributed by atoms with Crippen LogP contribution in [0.1, 0.15) is 30.9 Å². The number of thioether (sulfide) groups is 1. The number of hydrogen-bond acceptors (Lipinski definition) is 7. The Bertz CT molecular complexity index is 949. The Kier molecular flexibility index (Phi) is 6.45. The van der Waals surface area contributed by atoms with Crippen molar-refractivity contribution in [2.24, 2.45) is 0 Å². The first kappa shape index (κ1) is 19.6. The van der Waals surface area contributed by atoms with Crippen LogP contribution in [0.4, 0.5) is 0 Å². The first-order valence-electron chi connectivity index (χ1n) is 8.86. The van der Waals surface area contributed by atoms with E-state index in [9.17, 15) is 10.1 Å². The lowest BCUT2D eigenvalue weighted by molar-refractivity contribution is -0.138. The van der Waals surface area contributed by atoms with E-state index in [0.29, 0.717) is 22.6 Å². The highest BCUT2D eigenvalue weighted by Crippen LogP contribution is 2.41. The second-order valence-corrected chi connectivity index (χ2v) is 7.09. The summed E-state index contributed by atoms with van der Waals surface area (Å²) >= 11 is 1.51. The number of aromatic nitrogens is 2. The highest BCUT2D eigenvalue weighted by Gasteiger charge is 2.35. The van der Waals surface area contributed by atoms with Crippen LogP contribution in [-0.4, -0.2) is 22.5 Å². The van der Waals surface area contributed by atoms with Crippen molar-refractivity contribution in [2.45, 2.75) is 25.5 Å². The van der Waals surface area contributed by atoms with Crippen LogP contribution >= 0.6 is 11.8 Å². The summed E-state index contributed by atoms with van der Waals surface area (Å²) in [7, 11) is 0. The molecule has 2 aromatic rings. The molecule has 1 unspecified atom stereocenters. The number of nitrogens with one attached hydrogen (secondary N) is 1. The van der Waals surface area contributed by atoms with Gasteiger partial charge in [-0.05, 0) is 37.1 Å². The molecule has 6 nitrogen and oxygen atoms in total.